The molecular formula is C24H32N4O5S. The summed E-state index contributed by atoms with van der Waals surface area (Å²) in [5, 5.41) is 4.31. The molecule has 3 atom stereocenters. The van der Waals surface area contributed by atoms with Crippen molar-refractivity contribution in [3.8, 4) is 17.2 Å². The number of methoxy groups -OCH3 is 3. The summed E-state index contributed by atoms with van der Waals surface area (Å²) in [6, 6.07) is 3.48. The molecule has 3 unspecified atom stereocenters. The lowest BCUT2D eigenvalue weighted by molar-refractivity contribution is -0.126. The van der Waals surface area contributed by atoms with Gasteiger partial charge in [-0.05, 0) is 61.9 Å². The number of likely N-dealkylation sites (tertiary alicyclic amines) is 1. The van der Waals surface area contributed by atoms with Gasteiger partial charge in [0.25, 0.3) is 5.91 Å². The standard InChI is InChI=1S/C24H32N4O5S/c1-31-19-12-17(13-20(32-2)21(19)33-3)23(30)27-26-22(29)15-6-8-28(9-7-15)24(34)25-18-11-14-4-5-16(18)10-14/h4-5,12-16,18H,6-11H2,1-3H3,(H,25,34)(H,26,29)(H,27,30). The number of allylic oxidation sites excluding steroid dienone is 1. The average Bonchev–Trinajstić information content (AvgIpc) is 3.49. The number of carbonyl (C=O) groups is 2. The summed E-state index contributed by atoms with van der Waals surface area (Å²) in [4.78, 5) is 27.4. The van der Waals surface area contributed by atoms with Crippen LogP contribution in [0.1, 0.15) is 36.0 Å². The molecule has 1 aromatic rings. The molecule has 3 aliphatic rings. The molecule has 34 heavy (non-hydrogen) atoms. The summed E-state index contributed by atoms with van der Waals surface area (Å²) < 4.78 is 15.8. The van der Waals surface area contributed by atoms with Gasteiger partial charge < -0.3 is 24.4 Å². The second-order valence-electron chi connectivity index (χ2n) is 8.95. The van der Waals surface area contributed by atoms with Gasteiger partial charge in [-0.15, -0.1) is 0 Å². The minimum atomic E-state index is -0.477. The Balaban J connectivity index is 1.24. The molecule has 1 aromatic carbocycles. The lowest BCUT2D eigenvalue weighted by Gasteiger charge is -2.35. The van der Waals surface area contributed by atoms with Crippen molar-refractivity contribution >= 4 is 29.1 Å². The largest absolute Gasteiger partial charge is 0.493 e. The highest BCUT2D eigenvalue weighted by Crippen LogP contribution is 2.39. The van der Waals surface area contributed by atoms with Crippen LogP contribution in [0.4, 0.5) is 0 Å². The predicted molar refractivity (Wildman–Crippen MR) is 131 cm³/mol. The maximum absolute atomic E-state index is 12.7. The van der Waals surface area contributed by atoms with Gasteiger partial charge in [0, 0.05) is 30.6 Å². The van der Waals surface area contributed by atoms with Crippen molar-refractivity contribution in [2.75, 3.05) is 34.4 Å². The molecular weight excluding hydrogens is 456 g/mol. The van der Waals surface area contributed by atoms with Gasteiger partial charge >= 0.3 is 0 Å². The average molecular weight is 489 g/mol. The molecule has 0 aromatic heterocycles. The Morgan fingerprint density at radius 3 is 2.18 bits per heavy atom. The van der Waals surface area contributed by atoms with E-state index >= 15 is 0 Å². The van der Waals surface area contributed by atoms with E-state index in [4.69, 9.17) is 26.4 Å². The molecule has 2 fully saturated rings. The molecule has 184 valence electrons. The number of nitrogens with zero attached hydrogens (tertiary/aromatic N) is 1. The topological polar surface area (TPSA) is 101 Å². The molecule has 9 nitrogen and oxygen atoms in total. The highest BCUT2D eigenvalue weighted by Gasteiger charge is 2.37. The van der Waals surface area contributed by atoms with E-state index in [0.717, 1.165) is 11.5 Å². The van der Waals surface area contributed by atoms with E-state index in [1.807, 2.05) is 0 Å². The molecule has 1 saturated carbocycles. The van der Waals surface area contributed by atoms with Crippen LogP contribution in [0, 0.1) is 17.8 Å². The Labute approximate surface area is 205 Å². The highest BCUT2D eigenvalue weighted by atomic mass is 32.1. The normalized spacial score (nSPS) is 23.4. The minimum absolute atomic E-state index is 0.190. The molecule has 3 N–H and O–H groups in total. The van der Waals surface area contributed by atoms with E-state index in [0.29, 0.717) is 61.1 Å². The van der Waals surface area contributed by atoms with Gasteiger partial charge in [-0.25, -0.2) is 0 Å². The van der Waals surface area contributed by atoms with E-state index in [2.05, 4.69) is 33.2 Å². The quantitative estimate of drug-likeness (QED) is 0.318. The van der Waals surface area contributed by atoms with Crippen LogP contribution in [-0.2, 0) is 4.79 Å². The Bertz CT molecular complexity index is 951. The van der Waals surface area contributed by atoms with Crippen LogP contribution >= 0.6 is 12.2 Å². The van der Waals surface area contributed by atoms with Crippen molar-refractivity contribution < 1.29 is 23.8 Å². The third-order valence-corrected chi connectivity index (χ3v) is 7.34. The fourth-order valence-electron chi connectivity index (χ4n) is 5.05. The fraction of sp³-hybridized carbons (Fsp3) is 0.542. The number of hydrazine groups is 1. The summed E-state index contributed by atoms with van der Waals surface area (Å²) in [6.07, 6.45) is 8.33. The Hall–Kier alpha value is -3.01. The molecule has 1 heterocycles. The number of rotatable bonds is 6. The SMILES string of the molecule is COc1cc(C(=O)NNC(=O)C2CCN(C(=S)NC3CC4C=CC3C4)CC2)cc(OC)c1OC. The van der Waals surface area contributed by atoms with Gasteiger partial charge in [0.15, 0.2) is 16.6 Å². The highest BCUT2D eigenvalue weighted by molar-refractivity contribution is 7.80. The Morgan fingerprint density at radius 1 is 0.971 bits per heavy atom. The molecule has 4 rings (SSSR count). The third-order valence-electron chi connectivity index (χ3n) is 6.97. The molecule has 2 bridgehead atoms. The molecule has 1 aliphatic heterocycles. The van der Waals surface area contributed by atoms with Gasteiger partial charge in [0.05, 0.1) is 21.3 Å². The summed E-state index contributed by atoms with van der Waals surface area (Å²) in [6.45, 7) is 1.42. The number of ether oxygens (including phenoxy) is 3. The number of fused-ring (bicyclic) bond motifs is 2. The summed E-state index contributed by atoms with van der Waals surface area (Å²) in [7, 11) is 4.44. The lowest BCUT2D eigenvalue weighted by Crippen LogP contribution is -2.51. The number of amides is 2. The molecule has 10 heteroatoms. The lowest BCUT2D eigenvalue weighted by atomic mass is 9.96. The fourth-order valence-corrected chi connectivity index (χ4v) is 5.38. The second-order valence-corrected chi connectivity index (χ2v) is 9.34. The van der Waals surface area contributed by atoms with Gasteiger partial charge in [-0.3, -0.25) is 20.4 Å². The van der Waals surface area contributed by atoms with E-state index in [1.54, 1.807) is 0 Å². The van der Waals surface area contributed by atoms with Crippen molar-refractivity contribution in [1.29, 1.82) is 0 Å². The van der Waals surface area contributed by atoms with E-state index in [1.165, 1.54) is 39.9 Å². The zero-order chi connectivity index (χ0) is 24.2. The molecule has 2 aliphatic carbocycles. The van der Waals surface area contributed by atoms with Gasteiger partial charge in [0.1, 0.15) is 0 Å². The van der Waals surface area contributed by atoms with Crippen molar-refractivity contribution in [3.05, 3.63) is 29.8 Å². The van der Waals surface area contributed by atoms with Crippen molar-refractivity contribution in [3.63, 3.8) is 0 Å². The molecule has 2 amide bonds. The van der Waals surface area contributed by atoms with E-state index in [-0.39, 0.29) is 17.4 Å². The maximum Gasteiger partial charge on any atom is 0.269 e. The first kappa shape index (κ1) is 24.1. The van der Waals surface area contributed by atoms with Crippen LogP contribution in [0.3, 0.4) is 0 Å². The third kappa shape index (κ3) is 5.06. The van der Waals surface area contributed by atoms with Crippen LogP contribution in [0.5, 0.6) is 17.2 Å². The van der Waals surface area contributed by atoms with Crippen LogP contribution in [-0.4, -0.2) is 62.3 Å². The smallest absolute Gasteiger partial charge is 0.269 e. The number of hydrogen-bond acceptors (Lipinski definition) is 6. The van der Waals surface area contributed by atoms with Crippen LogP contribution < -0.4 is 30.4 Å². The first-order valence-corrected chi connectivity index (χ1v) is 12.0. The second kappa shape index (κ2) is 10.5. The Morgan fingerprint density at radius 2 is 1.65 bits per heavy atom. The summed E-state index contributed by atoms with van der Waals surface area (Å²) in [5.74, 6) is 1.50. The van der Waals surface area contributed by atoms with Gasteiger partial charge in [-0.1, -0.05) is 12.2 Å². The van der Waals surface area contributed by atoms with Crippen LogP contribution in [0.25, 0.3) is 0 Å². The van der Waals surface area contributed by atoms with Crippen molar-refractivity contribution in [1.82, 2.24) is 21.1 Å². The van der Waals surface area contributed by atoms with Crippen molar-refractivity contribution in [2.24, 2.45) is 17.8 Å². The van der Waals surface area contributed by atoms with Gasteiger partial charge in [0.2, 0.25) is 11.7 Å². The molecule has 0 spiro atoms. The number of hydrogen-bond donors (Lipinski definition) is 3. The van der Waals surface area contributed by atoms with E-state index < -0.39 is 5.91 Å². The number of carbonyl (C=O) groups excluding carboxylic acids is 2. The number of thiocarbonyl (C=S) groups is 1. The van der Waals surface area contributed by atoms with Gasteiger partial charge in [-0.2, -0.15) is 0 Å². The maximum atomic E-state index is 12.7. The minimum Gasteiger partial charge on any atom is -0.493 e. The monoisotopic (exact) mass is 488 g/mol. The zero-order valence-corrected chi connectivity index (χ0v) is 20.6. The number of nitrogens with one attached hydrogen (secondary N) is 3. The summed E-state index contributed by atoms with van der Waals surface area (Å²) >= 11 is 5.63. The van der Waals surface area contributed by atoms with Crippen LogP contribution in [0.2, 0.25) is 0 Å². The Kier molecular flexibility index (Phi) is 7.45. The molecule has 1 saturated heterocycles. The molecule has 0 radical (unpaired) electrons. The van der Waals surface area contributed by atoms with Crippen molar-refractivity contribution in [2.45, 2.75) is 31.7 Å². The zero-order valence-electron chi connectivity index (χ0n) is 19.8. The first-order chi connectivity index (χ1) is 16.4. The predicted octanol–water partition coefficient (Wildman–Crippen LogP) is 2.02. The number of piperidine rings is 1. The van der Waals surface area contributed by atoms with E-state index in [9.17, 15) is 9.59 Å². The number of benzene rings is 1. The van der Waals surface area contributed by atoms with Crippen LogP contribution in [0.15, 0.2) is 24.3 Å². The summed E-state index contributed by atoms with van der Waals surface area (Å²) in [5.41, 5.74) is 5.31. The first-order valence-electron chi connectivity index (χ1n) is 11.6.